The summed E-state index contributed by atoms with van der Waals surface area (Å²) in [6.45, 7) is 46.1. The van der Waals surface area contributed by atoms with Crippen molar-refractivity contribution >= 4 is 57.8 Å². The van der Waals surface area contributed by atoms with E-state index in [9.17, 15) is 0 Å². The SMILES string of the molecule is Cc1cc2c3c(c1)N(c1ccc(C(C)(C)C)cc1)c1cc4c(cc1B3C1=C([C@@H]3C=C(C(C)(C)C)C=CC3(C)S1)N2c1ccc(C(C)(C)C)cc1-c1ccc2c(c1)C(C)(C)CCC2(C)C)C(C)(C)CCC4(C)C. The first kappa shape index (κ1) is 49.5. The summed E-state index contributed by atoms with van der Waals surface area (Å²) in [6, 6.07) is 35.2. The predicted molar refractivity (Wildman–Crippen MR) is 316 cm³/mol. The molecule has 0 spiro atoms. The second kappa shape index (κ2) is 15.7. The fourth-order valence-electron chi connectivity index (χ4n) is 13.6. The van der Waals surface area contributed by atoms with Crippen molar-refractivity contribution in [2.45, 2.75) is 194 Å². The summed E-state index contributed by atoms with van der Waals surface area (Å²) in [5.74, 6) is 0.159. The van der Waals surface area contributed by atoms with Gasteiger partial charge in [0.15, 0.2) is 0 Å². The Kier molecular flexibility index (Phi) is 10.8. The molecule has 5 aromatic carbocycles. The van der Waals surface area contributed by atoms with Gasteiger partial charge < -0.3 is 9.80 Å². The van der Waals surface area contributed by atoms with Gasteiger partial charge in [0.25, 0.3) is 6.71 Å². The lowest BCUT2D eigenvalue weighted by Gasteiger charge is -2.48. The third kappa shape index (κ3) is 7.62. The number of hydrogen-bond donors (Lipinski definition) is 0. The molecule has 0 saturated carbocycles. The summed E-state index contributed by atoms with van der Waals surface area (Å²) in [7, 11) is 0. The summed E-state index contributed by atoms with van der Waals surface area (Å²) in [4.78, 5) is 6.99. The van der Waals surface area contributed by atoms with Crippen LogP contribution in [0.4, 0.5) is 28.4 Å². The Bertz CT molecular complexity index is 3200. The molecule has 0 bridgehead atoms. The largest absolute Gasteiger partial charge is 0.313 e. The van der Waals surface area contributed by atoms with E-state index in [1.54, 1.807) is 0 Å². The van der Waals surface area contributed by atoms with E-state index in [1.165, 1.54) is 131 Å². The van der Waals surface area contributed by atoms with Gasteiger partial charge in [0.2, 0.25) is 0 Å². The zero-order valence-corrected chi connectivity index (χ0v) is 48.4. The Morgan fingerprint density at radius 1 is 0.528 bits per heavy atom. The van der Waals surface area contributed by atoms with Crippen molar-refractivity contribution in [1.82, 2.24) is 0 Å². The lowest BCUT2D eigenvalue weighted by molar-refractivity contribution is 0.332. The molecule has 2 nitrogen and oxygen atoms in total. The number of anilines is 5. The first-order valence-electron chi connectivity index (χ1n) is 27.5. The van der Waals surface area contributed by atoms with Crippen molar-refractivity contribution < 1.29 is 0 Å². The van der Waals surface area contributed by atoms with E-state index >= 15 is 0 Å². The van der Waals surface area contributed by atoms with Gasteiger partial charge in [-0.2, -0.15) is 0 Å². The van der Waals surface area contributed by atoms with Crippen LogP contribution in [0.25, 0.3) is 11.1 Å². The van der Waals surface area contributed by atoms with Crippen molar-refractivity contribution in [2.75, 3.05) is 9.80 Å². The van der Waals surface area contributed by atoms with Gasteiger partial charge in [-0.15, -0.1) is 11.8 Å². The summed E-state index contributed by atoms with van der Waals surface area (Å²) >= 11 is 2.15. The topological polar surface area (TPSA) is 6.48 Å². The van der Waals surface area contributed by atoms with Crippen molar-refractivity contribution in [2.24, 2.45) is 11.3 Å². The maximum absolute atomic E-state index is 2.81. The molecule has 2 atom stereocenters. The van der Waals surface area contributed by atoms with Gasteiger partial charge in [-0.3, -0.25) is 0 Å². The first-order chi connectivity index (χ1) is 33.3. The zero-order valence-electron chi connectivity index (χ0n) is 47.6. The molecule has 0 radical (unpaired) electrons. The average Bonchev–Trinajstić information content (AvgIpc) is 3.60. The van der Waals surface area contributed by atoms with Gasteiger partial charge in [0.1, 0.15) is 0 Å². The molecule has 374 valence electrons. The number of hydrogen-bond acceptors (Lipinski definition) is 3. The smallest absolute Gasteiger partial charge is 0.259 e. The van der Waals surface area contributed by atoms with Gasteiger partial charge in [0.05, 0.1) is 5.69 Å². The number of rotatable bonds is 3. The third-order valence-electron chi connectivity index (χ3n) is 18.7. The van der Waals surface area contributed by atoms with E-state index in [0.717, 1.165) is 0 Å². The minimum atomic E-state index is -0.169. The molecule has 0 amide bonds. The van der Waals surface area contributed by atoms with E-state index in [-0.39, 0.29) is 55.3 Å². The molecule has 0 aromatic heterocycles. The molecule has 3 heterocycles. The Labute approximate surface area is 440 Å². The quantitative estimate of drug-likeness (QED) is 0.166. The van der Waals surface area contributed by atoms with Crippen LogP contribution < -0.4 is 20.7 Å². The Hall–Kier alpha value is -4.67. The van der Waals surface area contributed by atoms with Gasteiger partial charge in [0, 0.05) is 44.7 Å². The number of thioether (sulfide) groups is 1. The van der Waals surface area contributed by atoms with Crippen molar-refractivity contribution in [3.63, 3.8) is 0 Å². The standard InChI is InChI=1S/C68H83BN2S/c1-41-34-56-58-57(35-41)71(54-27-23-44(62(5,6)7)37-47(54)42-20-26-48-49(36-42)65(13,14)31-30-64(48,11)12)59-52-38-45(63(8,9)10)28-29-68(52,19)72-60(59)69(58)53-39-50-51(67(17,18)33-32-66(50,15)16)40-55(53)70(56)46-24-21-43(22-25-46)61(2,3)4/h20-29,34-40,52H,30-33H2,1-19H3/t52-,68?/m0/s1. The van der Waals surface area contributed by atoms with Crippen molar-refractivity contribution in [3.8, 4) is 11.1 Å². The predicted octanol–water partition coefficient (Wildman–Crippen LogP) is 17.9. The highest BCUT2D eigenvalue weighted by atomic mass is 32.2. The van der Waals surface area contributed by atoms with Crippen LogP contribution >= 0.6 is 11.8 Å². The van der Waals surface area contributed by atoms with E-state index in [2.05, 4.69) is 256 Å². The van der Waals surface area contributed by atoms with Gasteiger partial charge in [-0.05, 0) is 186 Å². The number of allylic oxidation sites excluding steroid dienone is 3. The van der Waals surface area contributed by atoms with Crippen LogP contribution in [0.3, 0.4) is 0 Å². The van der Waals surface area contributed by atoms with Crippen molar-refractivity contribution in [1.29, 1.82) is 0 Å². The minimum Gasteiger partial charge on any atom is -0.313 e. The summed E-state index contributed by atoms with van der Waals surface area (Å²) < 4.78 is -0.169. The first-order valence-corrected chi connectivity index (χ1v) is 28.3. The summed E-state index contributed by atoms with van der Waals surface area (Å²) in [6.07, 6.45) is 12.5. The minimum absolute atomic E-state index is 0.00806. The highest BCUT2D eigenvalue weighted by molar-refractivity contribution is 8.07. The molecule has 5 aromatic rings. The lowest BCUT2D eigenvalue weighted by atomic mass is 9.36. The molecular weight excluding hydrogens is 888 g/mol. The van der Waals surface area contributed by atoms with Crippen LogP contribution in [-0.4, -0.2) is 11.5 Å². The monoisotopic (exact) mass is 971 g/mol. The molecule has 0 N–H and O–H groups in total. The van der Waals surface area contributed by atoms with Crippen LogP contribution in [0.15, 0.2) is 119 Å². The van der Waals surface area contributed by atoms with Gasteiger partial charge >= 0.3 is 0 Å². The number of fused-ring (bicyclic) bond motifs is 7. The molecular formula is C68H83BN2S. The highest BCUT2D eigenvalue weighted by Gasteiger charge is 2.56. The third-order valence-corrected chi connectivity index (χ3v) is 20.2. The van der Waals surface area contributed by atoms with Crippen molar-refractivity contribution in [3.05, 3.63) is 158 Å². The molecule has 3 aliphatic carbocycles. The fraction of sp³-hybridized carbons (Fsp3) is 0.471. The van der Waals surface area contributed by atoms with Gasteiger partial charge in [-0.1, -0.05) is 178 Å². The molecule has 6 aliphatic rings. The number of aryl methyl sites for hydroxylation is 1. The molecule has 11 rings (SSSR count). The van der Waals surface area contributed by atoms with Gasteiger partial charge in [-0.25, -0.2) is 0 Å². The zero-order chi connectivity index (χ0) is 51.8. The highest BCUT2D eigenvalue weighted by Crippen LogP contribution is 2.62. The Balaban J connectivity index is 1.26. The Morgan fingerprint density at radius 2 is 1.07 bits per heavy atom. The summed E-state index contributed by atoms with van der Waals surface area (Å²) in [5, 5.41) is 0. The molecule has 0 fully saturated rings. The van der Waals surface area contributed by atoms with E-state index in [0.29, 0.717) is 0 Å². The van der Waals surface area contributed by atoms with Crippen LogP contribution in [0.1, 0.15) is 189 Å². The maximum atomic E-state index is 2.81. The van der Waals surface area contributed by atoms with Crippen LogP contribution in [-0.2, 0) is 32.5 Å². The summed E-state index contributed by atoms with van der Waals surface area (Å²) in [5.41, 5.74) is 25.3. The van der Waals surface area contributed by atoms with Crippen LogP contribution in [0, 0.1) is 18.3 Å². The van der Waals surface area contributed by atoms with E-state index in [4.69, 9.17) is 0 Å². The molecule has 3 aliphatic heterocycles. The second-order valence-electron chi connectivity index (χ2n) is 29.1. The second-order valence-corrected chi connectivity index (χ2v) is 30.6. The van der Waals surface area contributed by atoms with Crippen LogP contribution in [0.2, 0.25) is 0 Å². The molecule has 72 heavy (non-hydrogen) atoms. The van der Waals surface area contributed by atoms with Crippen LogP contribution in [0.5, 0.6) is 0 Å². The lowest BCUT2D eigenvalue weighted by Crippen LogP contribution is -2.56. The average molecular weight is 971 g/mol. The Morgan fingerprint density at radius 3 is 1.65 bits per heavy atom. The number of benzene rings is 5. The van der Waals surface area contributed by atoms with E-state index in [1.807, 2.05) is 0 Å². The fourth-order valence-corrected chi connectivity index (χ4v) is 15.2. The number of nitrogens with zero attached hydrogens (tertiary/aromatic N) is 2. The van der Waals surface area contributed by atoms with E-state index < -0.39 is 0 Å². The molecule has 1 unspecified atom stereocenters. The molecule has 0 saturated heterocycles. The maximum Gasteiger partial charge on any atom is 0.259 e. The normalized spacial score (nSPS) is 23.2. The molecule has 4 heteroatoms.